The molecule has 8 nitrogen and oxygen atoms in total. The van der Waals surface area contributed by atoms with Crippen LogP contribution in [0.2, 0.25) is 0 Å². The van der Waals surface area contributed by atoms with Crippen molar-refractivity contribution in [2.24, 2.45) is 0 Å². The number of halogens is 3. The van der Waals surface area contributed by atoms with Crippen molar-refractivity contribution < 1.29 is 22.1 Å². The predicted octanol–water partition coefficient (Wildman–Crippen LogP) is 6.10. The second-order valence-electron chi connectivity index (χ2n) is 11.1. The van der Waals surface area contributed by atoms with Gasteiger partial charge in [-0.3, -0.25) is 9.78 Å². The number of carbonyl (C=O) groups is 1. The van der Waals surface area contributed by atoms with E-state index in [9.17, 15) is 14.0 Å². The molecule has 1 aromatic carbocycles. The SMILES string of the molecule is [2H]C([2H])([2H])c1ccnc(C(C)C)c1-n1c(=O)nc(N2[C@@H](C)CN(C(=O)C(=C)F)C[C@@H]2C)c2cc(F)c(-c3c(F)cccc3C=C)nc21. The van der Waals surface area contributed by atoms with Crippen molar-refractivity contribution in [3.63, 3.8) is 0 Å². The van der Waals surface area contributed by atoms with E-state index in [4.69, 9.17) is 4.11 Å². The van der Waals surface area contributed by atoms with E-state index >= 15 is 8.78 Å². The first-order valence-electron chi connectivity index (χ1n) is 15.5. The van der Waals surface area contributed by atoms with E-state index in [1.165, 1.54) is 35.4 Å². The number of aryl methyl sites for hydroxylation is 1. The molecular weight excluding hydrogens is 569 g/mol. The second-order valence-corrected chi connectivity index (χ2v) is 11.1. The summed E-state index contributed by atoms with van der Waals surface area (Å²) in [4.78, 5) is 42.9. The van der Waals surface area contributed by atoms with E-state index in [1.54, 1.807) is 32.6 Å². The van der Waals surface area contributed by atoms with E-state index in [1.807, 2.05) is 0 Å². The molecule has 1 saturated heterocycles. The van der Waals surface area contributed by atoms with Gasteiger partial charge in [0.25, 0.3) is 5.91 Å². The lowest BCUT2D eigenvalue weighted by Gasteiger charge is -2.45. The Hall–Kier alpha value is -4.80. The van der Waals surface area contributed by atoms with E-state index in [0.717, 1.165) is 16.7 Å². The number of piperazine rings is 1. The number of hydrogen-bond acceptors (Lipinski definition) is 6. The predicted molar refractivity (Wildman–Crippen MR) is 165 cm³/mol. The standard InChI is InChI=1S/C33H33F3N6O2/c1-8-22-10-9-11-24(35)26(22)28-25(36)14-23-30(38-28)42(29-18(4)12-13-37-27(29)17(2)3)33(44)39-31(23)41-19(5)15-40(16-20(41)6)32(43)21(7)34/h8-14,17,19-20H,1,7,15-16H2,2-6H3/t19-,20-/m0/s1/i4D3. The molecule has 1 aliphatic rings. The highest BCUT2D eigenvalue weighted by atomic mass is 19.1. The number of fused-ring (bicyclic) bond motifs is 1. The Morgan fingerprint density at radius 1 is 1.14 bits per heavy atom. The highest BCUT2D eigenvalue weighted by Crippen LogP contribution is 2.36. The highest BCUT2D eigenvalue weighted by Gasteiger charge is 2.36. The van der Waals surface area contributed by atoms with Gasteiger partial charge in [0.05, 0.1) is 16.8 Å². The minimum Gasteiger partial charge on any atom is -0.347 e. The number of benzene rings is 1. The molecule has 3 aromatic heterocycles. The molecule has 0 saturated carbocycles. The van der Waals surface area contributed by atoms with Gasteiger partial charge in [-0.25, -0.2) is 27.5 Å². The summed E-state index contributed by atoms with van der Waals surface area (Å²) in [5, 5.41) is 0.0192. The number of nitrogens with zero attached hydrogens (tertiary/aromatic N) is 6. The fraction of sp³-hybridized carbons (Fsp3) is 0.303. The van der Waals surface area contributed by atoms with Gasteiger partial charge in [-0.05, 0) is 55.9 Å². The Balaban J connectivity index is 1.90. The Labute approximate surface area is 257 Å². The molecule has 4 aromatic rings. The number of hydrogen-bond donors (Lipinski definition) is 0. The Morgan fingerprint density at radius 2 is 1.84 bits per heavy atom. The first-order valence-corrected chi connectivity index (χ1v) is 14.0. The molecule has 0 N–H and O–H groups in total. The van der Waals surface area contributed by atoms with Crippen molar-refractivity contribution in [3.8, 4) is 16.9 Å². The maximum Gasteiger partial charge on any atom is 0.355 e. The Bertz CT molecular complexity index is 1980. The van der Waals surface area contributed by atoms with Gasteiger partial charge < -0.3 is 9.80 Å². The quantitative estimate of drug-likeness (QED) is 0.247. The van der Waals surface area contributed by atoms with E-state index in [2.05, 4.69) is 28.1 Å². The molecule has 4 heterocycles. The van der Waals surface area contributed by atoms with Crippen LogP contribution in [0.15, 0.2) is 60.3 Å². The second kappa shape index (κ2) is 11.7. The third-order valence-corrected chi connectivity index (χ3v) is 7.71. The van der Waals surface area contributed by atoms with Crippen LogP contribution in [-0.4, -0.2) is 55.5 Å². The molecule has 0 spiro atoms. The van der Waals surface area contributed by atoms with Crippen LogP contribution in [0.4, 0.5) is 19.0 Å². The summed E-state index contributed by atoms with van der Waals surface area (Å²) in [5.74, 6) is -4.07. The molecule has 2 atom stereocenters. The topological polar surface area (TPSA) is 84.2 Å². The maximum atomic E-state index is 16.2. The van der Waals surface area contributed by atoms with Crippen LogP contribution >= 0.6 is 0 Å². The number of pyridine rings is 2. The molecule has 0 unspecified atom stereocenters. The molecule has 0 radical (unpaired) electrons. The van der Waals surface area contributed by atoms with Gasteiger partial charge in [0.1, 0.15) is 17.3 Å². The lowest BCUT2D eigenvalue weighted by atomic mass is 10.0. The zero-order valence-corrected chi connectivity index (χ0v) is 24.7. The summed E-state index contributed by atoms with van der Waals surface area (Å²) in [6.45, 7) is 11.2. The van der Waals surface area contributed by atoms with Gasteiger partial charge in [0, 0.05) is 41.0 Å². The first kappa shape index (κ1) is 26.8. The van der Waals surface area contributed by atoms with Crippen LogP contribution in [-0.2, 0) is 4.79 Å². The molecule has 228 valence electrons. The van der Waals surface area contributed by atoms with Crippen LogP contribution < -0.4 is 10.6 Å². The molecule has 5 rings (SSSR count). The maximum absolute atomic E-state index is 16.2. The zero-order chi connectivity index (χ0) is 34.5. The van der Waals surface area contributed by atoms with Gasteiger partial charge in [0.15, 0.2) is 17.3 Å². The molecule has 1 fully saturated rings. The van der Waals surface area contributed by atoms with Crippen LogP contribution in [0.3, 0.4) is 0 Å². The minimum atomic E-state index is -2.71. The summed E-state index contributed by atoms with van der Waals surface area (Å²) in [5.41, 5.74) is -1.57. The third-order valence-electron chi connectivity index (χ3n) is 7.71. The highest BCUT2D eigenvalue weighted by molar-refractivity contribution is 5.93. The average molecular weight is 606 g/mol. The number of rotatable bonds is 6. The summed E-state index contributed by atoms with van der Waals surface area (Å²) in [6.07, 6.45) is 2.68. The lowest BCUT2D eigenvalue weighted by Crippen LogP contribution is -2.59. The Kier molecular flexibility index (Phi) is 7.13. The van der Waals surface area contributed by atoms with E-state index in [0.29, 0.717) is 0 Å². The van der Waals surface area contributed by atoms with Crippen molar-refractivity contribution in [1.29, 1.82) is 0 Å². The van der Waals surface area contributed by atoms with Gasteiger partial charge in [-0.1, -0.05) is 45.2 Å². The minimum absolute atomic E-state index is 0.00766. The summed E-state index contributed by atoms with van der Waals surface area (Å²) >= 11 is 0. The molecule has 0 bridgehead atoms. The molecule has 0 aliphatic carbocycles. The average Bonchev–Trinajstić information content (AvgIpc) is 2.99. The normalized spacial score (nSPS) is 18.2. The van der Waals surface area contributed by atoms with Crippen molar-refractivity contribution in [3.05, 3.63) is 94.5 Å². The fourth-order valence-corrected chi connectivity index (χ4v) is 5.85. The molecule has 11 heteroatoms. The summed E-state index contributed by atoms with van der Waals surface area (Å²) in [6, 6.07) is 5.37. The van der Waals surface area contributed by atoms with Gasteiger partial charge in [0.2, 0.25) is 0 Å². The third kappa shape index (κ3) is 5.16. The number of aromatic nitrogens is 4. The van der Waals surface area contributed by atoms with Crippen molar-refractivity contribution in [2.45, 2.75) is 52.5 Å². The molecule has 1 amide bonds. The number of anilines is 1. The summed E-state index contributed by atoms with van der Waals surface area (Å²) < 4.78 is 71.1. The van der Waals surface area contributed by atoms with Crippen LogP contribution in [0, 0.1) is 18.5 Å². The van der Waals surface area contributed by atoms with E-state index < -0.39 is 53.7 Å². The largest absolute Gasteiger partial charge is 0.355 e. The lowest BCUT2D eigenvalue weighted by molar-refractivity contribution is -0.129. The van der Waals surface area contributed by atoms with Gasteiger partial charge in [-0.15, -0.1) is 0 Å². The molecule has 44 heavy (non-hydrogen) atoms. The summed E-state index contributed by atoms with van der Waals surface area (Å²) in [7, 11) is 0. The van der Waals surface area contributed by atoms with Crippen molar-refractivity contribution >= 4 is 28.8 Å². The number of amides is 1. The van der Waals surface area contributed by atoms with Crippen LogP contribution in [0.5, 0.6) is 0 Å². The van der Waals surface area contributed by atoms with E-state index in [-0.39, 0.29) is 63.9 Å². The van der Waals surface area contributed by atoms with Crippen molar-refractivity contribution in [2.75, 3.05) is 18.0 Å². The van der Waals surface area contributed by atoms with Crippen LogP contribution in [0.1, 0.15) is 54.5 Å². The monoisotopic (exact) mass is 605 g/mol. The Morgan fingerprint density at radius 3 is 2.45 bits per heavy atom. The van der Waals surface area contributed by atoms with Crippen LogP contribution in [0.25, 0.3) is 34.1 Å². The number of carbonyl (C=O) groups excluding carboxylic acids is 1. The smallest absolute Gasteiger partial charge is 0.347 e. The fourth-order valence-electron chi connectivity index (χ4n) is 5.85. The van der Waals surface area contributed by atoms with Crippen molar-refractivity contribution in [1.82, 2.24) is 24.4 Å². The zero-order valence-electron chi connectivity index (χ0n) is 27.7. The van der Waals surface area contributed by atoms with Gasteiger partial charge in [-0.2, -0.15) is 4.98 Å². The first-order chi connectivity index (χ1) is 22.1. The van der Waals surface area contributed by atoms with Gasteiger partial charge >= 0.3 is 5.69 Å². The molecular formula is C33H33F3N6O2. The molecule has 1 aliphatic heterocycles.